The molecule has 3 aromatic rings. The lowest BCUT2D eigenvalue weighted by atomic mass is 10.2. The second kappa shape index (κ2) is 7.59. The number of anilines is 1. The molecule has 1 amide bonds. The van der Waals surface area contributed by atoms with Crippen molar-refractivity contribution >= 4 is 17.2 Å². The van der Waals surface area contributed by atoms with Crippen LogP contribution in [0.25, 0.3) is 5.52 Å². The van der Waals surface area contributed by atoms with E-state index < -0.39 is 0 Å². The lowest BCUT2D eigenvalue weighted by Gasteiger charge is -2.35. The molecule has 1 fully saturated rings. The van der Waals surface area contributed by atoms with Crippen LogP contribution in [0.3, 0.4) is 0 Å². The van der Waals surface area contributed by atoms with Crippen molar-refractivity contribution in [2.45, 2.75) is 13.5 Å². The topological polar surface area (TPSA) is 57.0 Å². The van der Waals surface area contributed by atoms with Crippen LogP contribution in [0.1, 0.15) is 21.6 Å². The van der Waals surface area contributed by atoms with Gasteiger partial charge in [0.05, 0.1) is 5.52 Å². The third-order valence-corrected chi connectivity index (χ3v) is 5.19. The lowest BCUT2D eigenvalue weighted by molar-refractivity contribution is 0.0739. The number of aromatic nitrogens is 3. The maximum absolute atomic E-state index is 13.0. The van der Waals surface area contributed by atoms with Crippen LogP contribution in [0, 0.1) is 6.92 Å². The van der Waals surface area contributed by atoms with Crippen LogP contribution < -0.4 is 4.90 Å². The van der Waals surface area contributed by atoms with Gasteiger partial charge in [-0.05, 0) is 44.8 Å². The molecule has 1 aliphatic heterocycles. The fraction of sp³-hybridized carbons (Fsp3) is 0.381. The molecule has 1 aliphatic rings. The van der Waals surface area contributed by atoms with Crippen molar-refractivity contribution in [3.05, 3.63) is 59.5 Å². The van der Waals surface area contributed by atoms with Crippen molar-refractivity contribution < 1.29 is 4.79 Å². The van der Waals surface area contributed by atoms with Gasteiger partial charge in [-0.1, -0.05) is 12.1 Å². The highest BCUT2D eigenvalue weighted by Crippen LogP contribution is 2.19. The normalized spacial score (nSPS) is 14.9. The highest BCUT2D eigenvalue weighted by Gasteiger charge is 2.26. The summed E-state index contributed by atoms with van der Waals surface area (Å²) in [6.45, 7) is 5.75. The Kier molecular flexibility index (Phi) is 5.00. The average Bonchev–Trinajstić information content (AvgIpc) is 3.05. The summed E-state index contributed by atoms with van der Waals surface area (Å²) in [5.41, 5.74) is 3.66. The smallest absolute Gasteiger partial charge is 0.274 e. The van der Waals surface area contributed by atoms with Crippen LogP contribution in [-0.2, 0) is 6.54 Å². The average molecular weight is 378 g/mol. The number of carbonyl (C=O) groups excluding carboxylic acids is 1. The van der Waals surface area contributed by atoms with Gasteiger partial charge >= 0.3 is 0 Å². The quantitative estimate of drug-likeness (QED) is 0.696. The Balaban J connectivity index is 1.42. The molecule has 1 saturated heterocycles. The van der Waals surface area contributed by atoms with Gasteiger partial charge < -0.3 is 14.7 Å². The van der Waals surface area contributed by atoms with E-state index in [1.54, 1.807) is 4.52 Å². The number of pyridine rings is 2. The number of piperazine rings is 1. The molecule has 7 nitrogen and oxygen atoms in total. The number of hydrogen-bond acceptors (Lipinski definition) is 5. The Morgan fingerprint density at radius 2 is 1.89 bits per heavy atom. The zero-order valence-electron chi connectivity index (χ0n) is 16.7. The molecule has 7 heteroatoms. The van der Waals surface area contributed by atoms with Crippen LogP contribution in [0.4, 0.5) is 5.82 Å². The molecule has 146 valence electrons. The second-order valence-electron chi connectivity index (χ2n) is 7.55. The predicted octanol–water partition coefficient (Wildman–Crippen LogP) is 2.06. The van der Waals surface area contributed by atoms with E-state index in [0.29, 0.717) is 18.8 Å². The van der Waals surface area contributed by atoms with Gasteiger partial charge in [-0.25, -0.2) is 9.50 Å². The van der Waals surface area contributed by atoms with Crippen LogP contribution in [0.2, 0.25) is 0 Å². The van der Waals surface area contributed by atoms with E-state index in [9.17, 15) is 4.79 Å². The third-order valence-electron chi connectivity index (χ3n) is 5.19. The van der Waals surface area contributed by atoms with Gasteiger partial charge in [0.2, 0.25) is 0 Å². The summed E-state index contributed by atoms with van der Waals surface area (Å²) in [6.07, 6.45) is 3.82. The Labute approximate surface area is 165 Å². The Hall–Kier alpha value is -2.93. The number of fused-ring (bicyclic) bond motifs is 1. The number of carbonyl (C=O) groups is 1. The molecule has 0 unspecified atom stereocenters. The monoisotopic (exact) mass is 378 g/mol. The molecule has 0 saturated carbocycles. The summed E-state index contributed by atoms with van der Waals surface area (Å²) in [4.78, 5) is 23.9. The Bertz CT molecular complexity index is 970. The molecule has 0 bridgehead atoms. The summed E-state index contributed by atoms with van der Waals surface area (Å²) >= 11 is 0. The molecule has 0 N–H and O–H groups in total. The predicted molar refractivity (Wildman–Crippen MR) is 110 cm³/mol. The molecule has 3 aromatic heterocycles. The van der Waals surface area contributed by atoms with Gasteiger partial charge in [-0.15, -0.1) is 0 Å². The van der Waals surface area contributed by atoms with Crippen molar-refractivity contribution in [2.24, 2.45) is 0 Å². The molecule has 4 heterocycles. The molecule has 0 aliphatic carbocycles. The van der Waals surface area contributed by atoms with E-state index in [4.69, 9.17) is 0 Å². The van der Waals surface area contributed by atoms with E-state index in [-0.39, 0.29) is 5.91 Å². The highest BCUT2D eigenvalue weighted by atomic mass is 16.2. The number of rotatable bonds is 4. The van der Waals surface area contributed by atoms with Crippen molar-refractivity contribution in [1.82, 2.24) is 24.4 Å². The van der Waals surface area contributed by atoms with E-state index >= 15 is 0 Å². The molecular weight excluding hydrogens is 352 g/mol. The first-order chi connectivity index (χ1) is 13.5. The fourth-order valence-corrected chi connectivity index (χ4v) is 3.68. The number of amides is 1. The number of hydrogen-bond donors (Lipinski definition) is 0. The zero-order chi connectivity index (χ0) is 19.7. The Morgan fingerprint density at radius 1 is 1.11 bits per heavy atom. The van der Waals surface area contributed by atoms with E-state index in [1.165, 1.54) is 5.56 Å². The Morgan fingerprint density at radius 3 is 2.54 bits per heavy atom. The molecule has 0 spiro atoms. The van der Waals surface area contributed by atoms with Gasteiger partial charge in [0.25, 0.3) is 5.91 Å². The second-order valence-corrected chi connectivity index (χ2v) is 7.55. The number of nitrogens with zero attached hydrogens (tertiary/aromatic N) is 6. The van der Waals surface area contributed by atoms with Crippen LogP contribution in [-0.4, -0.2) is 70.6 Å². The third kappa shape index (κ3) is 3.57. The maximum Gasteiger partial charge on any atom is 0.274 e. The maximum atomic E-state index is 13.0. The molecule has 4 rings (SSSR count). The summed E-state index contributed by atoms with van der Waals surface area (Å²) in [7, 11) is 4.10. The van der Waals surface area contributed by atoms with Crippen molar-refractivity contribution in [3.63, 3.8) is 0 Å². The highest BCUT2D eigenvalue weighted by molar-refractivity contribution is 5.95. The van der Waals surface area contributed by atoms with Gasteiger partial charge in [0.15, 0.2) is 5.69 Å². The van der Waals surface area contributed by atoms with E-state index in [2.05, 4.69) is 46.1 Å². The summed E-state index contributed by atoms with van der Waals surface area (Å²) in [5, 5.41) is 4.49. The molecule has 0 atom stereocenters. The minimum atomic E-state index is 0.00939. The zero-order valence-corrected chi connectivity index (χ0v) is 16.7. The van der Waals surface area contributed by atoms with Crippen LogP contribution in [0.5, 0.6) is 0 Å². The minimum absolute atomic E-state index is 0.00939. The SMILES string of the molecule is Cc1c(C(=O)N2CCN(c3ccc(CN(C)C)cn3)CC2)nn2ccccc12. The van der Waals surface area contributed by atoms with Gasteiger partial charge in [-0.2, -0.15) is 5.10 Å². The first kappa shape index (κ1) is 18.4. The van der Waals surface area contributed by atoms with Crippen LogP contribution in [0.15, 0.2) is 42.7 Å². The molecule has 28 heavy (non-hydrogen) atoms. The first-order valence-electron chi connectivity index (χ1n) is 9.61. The lowest BCUT2D eigenvalue weighted by Crippen LogP contribution is -2.49. The number of aryl methyl sites for hydroxylation is 1. The van der Waals surface area contributed by atoms with Crippen molar-refractivity contribution in [1.29, 1.82) is 0 Å². The summed E-state index contributed by atoms with van der Waals surface area (Å²) < 4.78 is 1.78. The minimum Gasteiger partial charge on any atom is -0.353 e. The van der Waals surface area contributed by atoms with E-state index in [1.807, 2.05) is 42.4 Å². The van der Waals surface area contributed by atoms with Gasteiger partial charge in [0, 0.05) is 50.7 Å². The van der Waals surface area contributed by atoms with Crippen molar-refractivity contribution in [2.75, 3.05) is 45.2 Å². The molecule has 0 radical (unpaired) electrons. The van der Waals surface area contributed by atoms with Crippen molar-refractivity contribution in [3.8, 4) is 0 Å². The molecular formula is C21H26N6O. The standard InChI is InChI=1S/C21H26N6O/c1-16-18-6-4-5-9-27(18)23-20(16)21(28)26-12-10-25(11-13-26)19-8-7-17(14-22-19)15-24(2)3/h4-9,14H,10-13,15H2,1-3H3. The summed E-state index contributed by atoms with van der Waals surface area (Å²) in [5.74, 6) is 0.980. The van der Waals surface area contributed by atoms with Crippen LogP contribution >= 0.6 is 0 Å². The van der Waals surface area contributed by atoms with E-state index in [0.717, 1.165) is 36.5 Å². The van der Waals surface area contributed by atoms with Gasteiger partial charge in [-0.3, -0.25) is 4.79 Å². The first-order valence-corrected chi connectivity index (χ1v) is 9.61. The largest absolute Gasteiger partial charge is 0.353 e. The van der Waals surface area contributed by atoms with Gasteiger partial charge in [0.1, 0.15) is 5.82 Å². The fourth-order valence-electron chi connectivity index (χ4n) is 3.68. The molecule has 0 aromatic carbocycles. The summed E-state index contributed by atoms with van der Waals surface area (Å²) in [6, 6.07) is 10.1.